The zero-order valence-electron chi connectivity index (χ0n) is 52.0. The van der Waals surface area contributed by atoms with E-state index in [9.17, 15) is 29.4 Å². The van der Waals surface area contributed by atoms with E-state index in [1.54, 1.807) is 28.4 Å². The quantitative estimate of drug-likeness (QED) is 0.0556. The van der Waals surface area contributed by atoms with Crippen molar-refractivity contribution in [3.05, 3.63) is 94.3 Å². The van der Waals surface area contributed by atoms with Gasteiger partial charge >= 0.3 is 12.1 Å². The van der Waals surface area contributed by atoms with Crippen molar-refractivity contribution in [3.63, 3.8) is 0 Å². The zero-order valence-corrected chi connectivity index (χ0v) is 53.6. The fourth-order valence-corrected chi connectivity index (χ4v) is 13.6. The van der Waals surface area contributed by atoms with Crippen LogP contribution in [0.15, 0.2) is 72.2 Å². The lowest BCUT2D eigenvalue weighted by molar-refractivity contribution is -0.144. The summed E-state index contributed by atoms with van der Waals surface area (Å²) < 4.78 is 35.7. The van der Waals surface area contributed by atoms with E-state index in [-0.39, 0.29) is 77.4 Å². The van der Waals surface area contributed by atoms with Gasteiger partial charge in [-0.25, -0.2) is 14.2 Å². The van der Waals surface area contributed by atoms with E-state index >= 15 is 4.39 Å². The van der Waals surface area contributed by atoms with E-state index < -0.39 is 47.0 Å². The van der Waals surface area contributed by atoms with E-state index in [0.29, 0.717) is 80.5 Å². The van der Waals surface area contributed by atoms with Gasteiger partial charge in [-0.1, -0.05) is 80.9 Å². The van der Waals surface area contributed by atoms with Gasteiger partial charge in [0.15, 0.2) is 5.82 Å². The van der Waals surface area contributed by atoms with Crippen LogP contribution in [0.25, 0.3) is 43.2 Å². The number of likely N-dealkylation sites (tertiary alicyclic amines) is 3. The first kappa shape index (κ1) is 64.2. The second kappa shape index (κ2) is 27.2. The Hall–Kier alpha value is -6.75. The normalized spacial score (nSPS) is 19.4. The van der Waals surface area contributed by atoms with Gasteiger partial charge in [-0.3, -0.25) is 24.2 Å². The lowest BCUT2D eigenvalue weighted by Crippen LogP contribution is -2.60. The number of nitrogens with one attached hydrogen (secondary N) is 2. The number of rotatable bonds is 19. The Bertz CT molecular complexity index is 3480. The van der Waals surface area contributed by atoms with Crippen LogP contribution >= 0.6 is 22.9 Å². The summed E-state index contributed by atoms with van der Waals surface area (Å²) in [5.74, 6) is -0.747. The third-order valence-corrected chi connectivity index (χ3v) is 18.5. The highest BCUT2D eigenvalue weighted by Gasteiger charge is 2.45. The molecule has 4 saturated heterocycles. The molecule has 4 aromatic carbocycles. The number of hydrogen-bond acceptors (Lipinski definition) is 16. The van der Waals surface area contributed by atoms with Crippen molar-refractivity contribution in [2.75, 3.05) is 83.5 Å². The third-order valence-electron chi connectivity index (χ3n) is 17.2. The van der Waals surface area contributed by atoms with Crippen molar-refractivity contribution in [2.45, 2.75) is 136 Å². The molecule has 6 aromatic rings. The number of hydrogen-bond donors (Lipinski definition) is 4. The first-order chi connectivity index (χ1) is 41.8. The Morgan fingerprint density at radius 3 is 2.27 bits per heavy atom. The van der Waals surface area contributed by atoms with Gasteiger partial charge in [0.2, 0.25) is 17.7 Å². The molecule has 4 aliphatic heterocycles. The Morgan fingerprint density at radius 2 is 1.59 bits per heavy atom. The van der Waals surface area contributed by atoms with E-state index in [1.165, 1.54) is 11.0 Å². The van der Waals surface area contributed by atoms with Gasteiger partial charge in [0.1, 0.15) is 40.9 Å². The maximum absolute atomic E-state index is 17.3. The van der Waals surface area contributed by atoms with Crippen LogP contribution in [0.3, 0.4) is 0 Å². The summed E-state index contributed by atoms with van der Waals surface area (Å²) in [4.78, 5) is 79.1. The average molecular weight is 1250 g/mol. The molecule has 0 radical (unpaired) electrons. The van der Waals surface area contributed by atoms with Gasteiger partial charge in [-0.05, 0) is 137 Å². The SMILES string of the molecule is Cc1ncsc1-c1ccc([C@H](C)NC(=O)[C@@H]2C[C@@H](O)CN2C(=O)[C@@H](NC(=O)CN2CC(OCCCC3CCN(C[C@@H](C)Oc4nc(N5CCN(C(=O)OC(C)(C)C)CC5)c5cc(Cl)c(-c6cc(O)cc7ccccc67)c(F)c5n4)CC3)C2)C(C)(C)C)cc1. The van der Waals surface area contributed by atoms with Crippen LogP contribution in [-0.4, -0.2) is 183 Å². The van der Waals surface area contributed by atoms with Crippen molar-refractivity contribution in [1.82, 2.24) is 45.2 Å². The van der Waals surface area contributed by atoms with Gasteiger partial charge in [0.25, 0.3) is 0 Å². The maximum Gasteiger partial charge on any atom is 0.410 e. The van der Waals surface area contributed by atoms with Crippen LogP contribution in [0, 0.1) is 24.1 Å². The number of amides is 4. The molecule has 5 atom stereocenters. The molecule has 0 bridgehead atoms. The molecule has 4 fully saturated rings. The number of aromatic nitrogens is 3. The molecule has 0 unspecified atom stereocenters. The largest absolute Gasteiger partial charge is 0.508 e. The molecule has 4 N–H and O–H groups in total. The molecular weight excluding hydrogens is 1160 g/mol. The van der Waals surface area contributed by atoms with Crippen molar-refractivity contribution < 1.29 is 48.0 Å². The summed E-state index contributed by atoms with van der Waals surface area (Å²) in [5.41, 5.74) is 3.98. The molecule has 88 heavy (non-hydrogen) atoms. The van der Waals surface area contributed by atoms with E-state index in [4.69, 9.17) is 35.8 Å². The van der Waals surface area contributed by atoms with Crippen molar-refractivity contribution in [2.24, 2.45) is 11.3 Å². The number of aryl methyl sites for hydroxylation is 1. The topological polar surface area (TPSA) is 215 Å². The monoisotopic (exact) mass is 1250 g/mol. The van der Waals surface area contributed by atoms with Crippen LogP contribution in [-0.2, 0) is 23.9 Å². The minimum Gasteiger partial charge on any atom is -0.508 e. The van der Waals surface area contributed by atoms with E-state index in [1.807, 2.05) is 126 Å². The minimum atomic E-state index is -0.923. The van der Waals surface area contributed by atoms with E-state index in [0.717, 1.165) is 65.9 Å². The number of benzene rings is 4. The lowest BCUT2D eigenvalue weighted by Gasteiger charge is -2.40. The minimum absolute atomic E-state index is 0.00433. The summed E-state index contributed by atoms with van der Waals surface area (Å²) in [5, 5.41) is 29.5. The predicted molar refractivity (Wildman–Crippen MR) is 340 cm³/mol. The second-order valence-electron chi connectivity index (χ2n) is 26.3. The Balaban J connectivity index is 0.674. The van der Waals surface area contributed by atoms with Crippen molar-refractivity contribution in [1.29, 1.82) is 0 Å². The molecule has 472 valence electrons. The molecule has 22 heteroatoms. The second-order valence-corrected chi connectivity index (χ2v) is 27.6. The van der Waals surface area contributed by atoms with E-state index in [2.05, 4.69) is 20.5 Å². The van der Waals surface area contributed by atoms with Gasteiger partial charge in [0.05, 0.1) is 45.9 Å². The molecule has 0 saturated carbocycles. The number of carbonyl (C=O) groups is 4. The maximum atomic E-state index is 17.3. The number of thiazole rings is 1. The van der Waals surface area contributed by atoms with Crippen LogP contribution in [0.1, 0.15) is 105 Å². The first-order valence-electron chi connectivity index (χ1n) is 30.8. The summed E-state index contributed by atoms with van der Waals surface area (Å²) in [6.45, 7) is 22.8. The van der Waals surface area contributed by atoms with Crippen LogP contribution in [0.2, 0.25) is 5.02 Å². The number of nitrogens with zero attached hydrogens (tertiary/aromatic N) is 8. The number of ether oxygens (including phenoxy) is 3. The van der Waals surface area contributed by atoms with Crippen molar-refractivity contribution in [3.8, 4) is 33.3 Å². The number of piperidine rings is 1. The average Bonchev–Trinajstić information content (AvgIpc) is 0.960. The van der Waals surface area contributed by atoms with Gasteiger partial charge in [-0.15, -0.1) is 11.3 Å². The summed E-state index contributed by atoms with van der Waals surface area (Å²) in [6, 6.07) is 18.1. The lowest BCUT2D eigenvalue weighted by atomic mass is 9.85. The highest BCUT2D eigenvalue weighted by Crippen LogP contribution is 2.43. The highest BCUT2D eigenvalue weighted by molar-refractivity contribution is 7.13. The standard InChI is InChI=1S/C66H84ClFN10O9S/c1-39(86-63-72-57-51(60(73-63)76-24-26-77(27-25-76)64(84)87-66(7,8)9)32-52(67)55(56(57)68)50-30-46(79)29-45-14-10-11-15-49(45)50)33-74-22-20-42(21-23-74)13-12-28-85-48-35-75(36-48)37-54(81)71-59(65(4,5)6)62(83)78-34-47(80)31-53(78)61(82)70-40(2)43-16-18-44(19-17-43)58-41(3)69-38-88-58/h10-11,14-19,29-30,32,38-40,42,47-48,53,59,79-80H,12-13,20-28,31,33-37H2,1-9H3,(H,70,82)(H,71,81)/t39-,40+,47-,53+,59-/m1/s1. The number of phenols is 1. The van der Waals surface area contributed by atoms with Gasteiger partial charge in [-0.2, -0.15) is 9.97 Å². The molecule has 0 spiro atoms. The smallest absolute Gasteiger partial charge is 0.410 e. The molecule has 4 amide bonds. The Morgan fingerprint density at radius 1 is 0.875 bits per heavy atom. The van der Waals surface area contributed by atoms with Crippen molar-refractivity contribution >= 4 is 74.2 Å². The fraction of sp³-hybridized carbons (Fsp3) is 0.530. The summed E-state index contributed by atoms with van der Waals surface area (Å²) in [6.07, 6.45) is 2.50. The zero-order chi connectivity index (χ0) is 62.8. The molecule has 4 aliphatic rings. The number of aromatic hydroxyl groups is 1. The third kappa shape index (κ3) is 15.3. The molecule has 19 nitrogen and oxygen atoms in total. The number of carbonyl (C=O) groups excluding carboxylic acids is 4. The highest BCUT2D eigenvalue weighted by atomic mass is 35.5. The van der Waals surface area contributed by atoms with Crippen LogP contribution in [0.4, 0.5) is 15.0 Å². The van der Waals surface area contributed by atoms with Crippen LogP contribution in [0.5, 0.6) is 11.8 Å². The van der Waals surface area contributed by atoms with Gasteiger partial charge in [0, 0.05) is 76.3 Å². The number of anilines is 1. The Labute approximate surface area is 523 Å². The number of fused-ring (bicyclic) bond motifs is 2. The predicted octanol–water partition coefficient (Wildman–Crippen LogP) is 9.77. The molecule has 6 heterocycles. The number of β-amino-alcohol motifs (C(OH)–C–C–N with tert-alkyl or cyclic N) is 1. The number of halogens is 2. The molecular formula is C66H84ClFN10O9S. The summed E-state index contributed by atoms with van der Waals surface area (Å²) in [7, 11) is 0. The molecule has 10 rings (SSSR count). The number of phenolic OH excluding ortho intramolecular Hbond substituents is 1. The number of aliphatic hydroxyl groups excluding tert-OH is 1. The molecule has 2 aromatic heterocycles. The van der Waals surface area contributed by atoms with Gasteiger partial charge < -0.3 is 49.8 Å². The number of aliphatic hydroxyl groups is 1. The summed E-state index contributed by atoms with van der Waals surface area (Å²) >= 11 is 8.57. The number of piperazine rings is 1. The first-order valence-corrected chi connectivity index (χ1v) is 32.1. The molecule has 0 aliphatic carbocycles. The Kier molecular flexibility index (Phi) is 19.8. The fourth-order valence-electron chi connectivity index (χ4n) is 12.5. The van der Waals surface area contributed by atoms with Crippen LogP contribution < -0.4 is 20.3 Å².